The number of ether oxygens (including phenoxy) is 1. The number of rotatable bonds is 10. The second kappa shape index (κ2) is 11.0. The van der Waals surface area contributed by atoms with E-state index in [4.69, 9.17) is 4.74 Å². The van der Waals surface area contributed by atoms with E-state index >= 15 is 0 Å². The number of amides is 1. The predicted molar refractivity (Wildman–Crippen MR) is 96.6 cm³/mol. The number of carbonyl (C=O) groups is 1. The Balaban J connectivity index is 2.25. The van der Waals surface area contributed by atoms with Crippen LogP contribution in [0.1, 0.15) is 59.8 Å². The lowest BCUT2D eigenvalue weighted by molar-refractivity contribution is -0.134. The van der Waals surface area contributed by atoms with Crippen LogP contribution in [0.4, 0.5) is 0 Å². The molecule has 4 heteroatoms. The minimum Gasteiger partial charge on any atom is -0.375 e. The van der Waals surface area contributed by atoms with E-state index in [1.54, 1.807) is 0 Å². The molecule has 0 aliphatic carbocycles. The Morgan fingerprint density at radius 2 is 2.04 bits per heavy atom. The maximum absolute atomic E-state index is 12.1. The highest BCUT2D eigenvalue weighted by Gasteiger charge is 2.22. The first-order chi connectivity index (χ1) is 11.0. The molecule has 0 bridgehead atoms. The second-order valence-electron chi connectivity index (χ2n) is 7.31. The van der Waals surface area contributed by atoms with Crippen LogP contribution >= 0.6 is 0 Å². The average molecular weight is 327 g/mol. The summed E-state index contributed by atoms with van der Waals surface area (Å²) in [4.78, 5) is 16.5. The molecule has 0 radical (unpaired) electrons. The molecule has 1 saturated heterocycles. The fraction of sp³-hybridized carbons (Fsp3) is 0.947. The van der Waals surface area contributed by atoms with Gasteiger partial charge in [-0.15, -0.1) is 0 Å². The van der Waals surface area contributed by atoms with E-state index in [0.29, 0.717) is 0 Å². The van der Waals surface area contributed by atoms with Crippen LogP contribution in [-0.2, 0) is 9.53 Å². The third kappa shape index (κ3) is 7.67. The molecule has 23 heavy (non-hydrogen) atoms. The van der Waals surface area contributed by atoms with Crippen molar-refractivity contribution in [3.05, 3.63) is 0 Å². The summed E-state index contributed by atoms with van der Waals surface area (Å²) in [5.41, 5.74) is 0. The molecule has 136 valence electrons. The van der Waals surface area contributed by atoms with Crippen LogP contribution in [0.2, 0.25) is 0 Å². The van der Waals surface area contributed by atoms with E-state index in [0.717, 1.165) is 45.0 Å². The third-order valence-electron chi connectivity index (χ3n) is 5.29. The smallest absolute Gasteiger partial charge is 0.225 e. The van der Waals surface area contributed by atoms with Crippen LogP contribution in [0.25, 0.3) is 0 Å². The highest BCUT2D eigenvalue weighted by atomic mass is 16.5. The van der Waals surface area contributed by atoms with Crippen LogP contribution in [-0.4, -0.2) is 61.6 Å². The molecule has 1 rings (SSSR count). The number of hydrogen-bond donors (Lipinski definition) is 0. The lowest BCUT2D eigenvalue weighted by Gasteiger charge is -2.34. The van der Waals surface area contributed by atoms with Crippen LogP contribution in [0.3, 0.4) is 0 Å². The molecular formula is C19H38N2O2. The second-order valence-corrected chi connectivity index (χ2v) is 7.31. The van der Waals surface area contributed by atoms with Gasteiger partial charge in [-0.2, -0.15) is 0 Å². The van der Waals surface area contributed by atoms with E-state index in [1.807, 2.05) is 18.9 Å². The van der Waals surface area contributed by atoms with Crippen molar-refractivity contribution in [3.8, 4) is 0 Å². The zero-order chi connectivity index (χ0) is 17.2. The molecule has 0 aromatic carbocycles. The Hall–Kier alpha value is -0.610. The summed E-state index contributed by atoms with van der Waals surface area (Å²) >= 11 is 0. The predicted octanol–water partition coefficient (Wildman–Crippen LogP) is 3.41. The standard InChI is InChI=1S/C19H38N2O2/c1-6-16(3)9-8-11-21-13-14-23-18(15-21)10-12-20(5)19(22)17(4)7-2/h16-18H,6-15H2,1-5H3/t16?,17?,18-/m0/s1. The van der Waals surface area contributed by atoms with Gasteiger partial charge in [0.05, 0.1) is 12.7 Å². The maximum Gasteiger partial charge on any atom is 0.225 e. The lowest BCUT2D eigenvalue weighted by atomic mass is 10.0. The van der Waals surface area contributed by atoms with Gasteiger partial charge in [-0.3, -0.25) is 9.69 Å². The van der Waals surface area contributed by atoms with Crippen molar-refractivity contribution in [2.45, 2.75) is 65.9 Å². The zero-order valence-corrected chi connectivity index (χ0v) is 16.0. The van der Waals surface area contributed by atoms with E-state index in [1.165, 1.54) is 25.8 Å². The Labute approximate surface area is 143 Å². The topological polar surface area (TPSA) is 32.8 Å². The van der Waals surface area contributed by atoms with Gasteiger partial charge >= 0.3 is 0 Å². The van der Waals surface area contributed by atoms with E-state index in [2.05, 4.69) is 25.7 Å². The largest absolute Gasteiger partial charge is 0.375 e. The molecule has 1 heterocycles. The van der Waals surface area contributed by atoms with Gasteiger partial charge in [0.2, 0.25) is 5.91 Å². The van der Waals surface area contributed by atoms with Crippen molar-refractivity contribution < 1.29 is 9.53 Å². The zero-order valence-electron chi connectivity index (χ0n) is 16.0. The van der Waals surface area contributed by atoms with Gasteiger partial charge in [-0.1, -0.05) is 34.1 Å². The summed E-state index contributed by atoms with van der Waals surface area (Å²) in [7, 11) is 1.92. The minimum atomic E-state index is 0.129. The van der Waals surface area contributed by atoms with E-state index in [-0.39, 0.29) is 17.9 Å². The van der Waals surface area contributed by atoms with Gasteiger partial charge in [0.25, 0.3) is 0 Å². The fourth-order valence-electron chi connectivity index (χ4n) is 3.02. The number of hydrogen-bond acceptors (Lipinski definition) is 3. The van der Waals surface area contributed by atoms with Gasteiger partial charge in [0, 0.05) is 32.6 Å². The molecule has 4 nitrogen and oxygen atoms in total. The Kier molecular flexibility index (Phi) is 9.80. The van der Waals surface area contributed by atoms with Crippen molar-refractivity contribution >= 4 is 5.91 Å². The lowest BCUT2D eigenvalue weighted by Crippen LogP contribution is -2.44. The van der Waals surface area contributed by atoms with E-state index < -0.39 is 0 Å². The molecule has 1 amide bonds. The molecule has 0 aromatic heterocycles. The van der Waals surface area contributed by atoms with Crippen LogP contribution in [0, 0.1) is 11.8 Å². The molecule has 1 aliphatic rings. The summed E-state index contributed by atoms with van der Waals surface area (Å²) in [6.07, 6.45) is 6.02. The summed E-state index contributed by atoms with van der Waals surface area (Å²) in [5.74, 6) is 1.23. The first-order valence-electron chi connectivity index (χ1n) is 9.56. The molecule has 3 atom stereocenters. The highest BCUT2D eigenvalue weighted by molar-refractivity contribution is 5.78. The quantitative estimate of drug-likeness (QED) is 0.617. The number of morpholine rings is 1. The van der Waals surface area contributed by atoms with Gasteiger partial charge in [0.1, 0.15) is 0 Å². The molecule has 0 N–H and O–H groups in total. The van der Waals surface area contributed by atoms with Crippen molar-refractivity contribution in [2.75, 3.05) is 39.8 Å². The Morgan fingerprint density at radius 3 is 2.70 bits per heavy atom. The summed E-state index contributed by atoms with van der Waals surface area (Å²) < 4.78 is 5.89. The number of nitrogens with zero attached hydrogens (tertiary/aromatic N) is 2. The first-order valence-corrected chi connectivity index (χ1v) is 9.56. The van der Waals surface area contributed by atoms with E-state index in [9.17, 15) is 4.79 Å². The molecule has 1 aliphatic heterocycles. The summed E-state index contributed by atoms with van der Waals surface area (Å²) in [5, 5.41) is 0. The van der Waals surface area contributed by atoms with Gasteiger partial charge in [0.15, 0.2) is 0 Å². The Morgan fingerprint density at radius 1 is 1.30 bits per heavy atom. The number of carbonyl (C=O) groups excluding carboxylic acids is 1. The van der Waals surface area contributed by atoms with Gasteiger partial charge < -0.3 is 9.64 Å². The molecule has 0 aromatic rings. The average Bonchev–Trinajstić information content (AvgIpc) is 2.58. The maximum atomic E-state index is 12.1. The normalized spacial score (nSPS) is 21.9. The molecule has 0 saturated carbocycles. The van der Waals surface area contributed by atoms with Crippen molar-refractivity contribution in [1.29, 1.82) is 0 Å². The van der Waals surface area contributed by atoms with Crippen LogP contribution in [0.15, 0.2) is 0 Å². The first kappa shape index (κ1) is 20.4. The highest BCUT2D eigenvalue weighted by Crippen LogP contribution is 2.14. The van der Waals surface area contributed by atoms with Crippen LogP contribution < -0.4 is 0 Å². The summed E-state index contributed by atoms with van der Waals surface area (Å²) in [6, 6.07) is 0. The van der Waals surface area contributed by atoms with Gasteiger partial charge in [-0.05, 0) is 38.1 Å². The van der Waals surface area contributed by atoms with Gasteiger partial charge in [-0.25, -0.2) is 0 Å². The van der Waals surface area contributed by atoms with Crippen molar-refractivity contribution in [1.82, 2.24) is 9.80 Å². The van der Waals surface area contributed by atoms with Crippen molar-refractivity contribution in [2.24, 2.45) is 11.8 Å². The van der Waals surface area contributed by atoms with Crippen LogP contribution in [0.5, 0.6) is 0 Å². The monoisotopic (exact) mass is 326 g/mol. The summed E-state index contributed by atoms with van der Waals surface area (Å²) in [6.45, 7) is 13.6. The fourth-order valence-corrected chi connectivity index (χ4v) is 3.02. The molecule has 2 unspecified atom stereocenters. The van der Waals surface area contributed by atoms with Crippen molar-refractivity contribution in [3.63, 3.8) is 0 Å². The Bertz CT molecular complexity index is 335. The minimum absolute atomic E-state index is 0.129. The third-order valence-corrected chi connectivity index (χ3v) is 5.29. The molecule has 1 fully saturated rings. The molecule has 0 spiro atoms. The SMILES string of the molecule is CCC(C)CCCN1CCO[C@@H](CCN(C)C(=O)C(C)CC)C1. The molecular weight excluding hydrogens is 288 g/mol.